The minimum absolute atomic E-state index is 0.00105. The number of anilines is 1. The molecule has 1 aromatic heterocycles. The Morgan fingerprint density at radius 3 is 2.70 bits per heavy atom. The fourth-order valence-corrected chi connectivity index (χ4v) is 3.50. The number of aromatic nitrogens is 1. The molecule has 0 radical (unpaired) electrons. The molecule has 0 bridgehead atoms. The molecule has 0 saturated carbocycles. The first-order valence-electron chi connectivity index (χ1n) is 9.39. The van der Waals surface area contributed by atoms with Crippen molar-refractivity contribution in [1.29, 1.82) is 0 Å². The van der Waals surface area contributed by atoms with E-state index in [9.17, 15) is 9.59 Å². The van der Waals surface area contributed by atoms with Crippen LogP contribution in [0.1, 0.15) is 35.7 Å². The smallest absolute Gasteiger partial charge is 0.257 e. The summed E-state index contributed by atoms with van der Waals surface area (Å²) < 4.78 is 0. The average molecular weight is 366 g/mol. The molecule has 1 saturated heterocycles. The van der Waals surface area contributed by atoms with E-state index in [0.717, 1.165) is 12.0 Å². The lowest BCUT2D eigenvalue weighted by molar-refractivity contribution is -0.133. The number of nitrogens with one attached hydrogen (secondary N) is 1. The van der Waals surface area contributed by atoms with Gasteiger partial charge in [-0.05, 0) is 24.1 Å². The van der Waals surface area contributed by atoms with Crippen LogP contribution in [0.15, 0.2) is 48.7 Å². The van der Waals surface area contributed by atoms with Gasteiger partial charge in [-0.15, -0.1) is 0 Å². The van der Waals surface area contributed by atoms with Crippen LogP contribution in [-0.4, -0.2) is 52.8 Å². The molecule has 0 aliphatic carbocycles. The van der Waals surface area contributed by atoms with Crippen LogP contribution in [0.25, 0.3) is 0 Å². The summed E-state index contributed by atoms with van der Waals surface area (Å²) in [6, 6.07) is 13.5. The molecule has 3 rings (SSSR count). The molecule has 1 aliphatic heterocycles. The Bertz CT molecular complexity index is 794. The van der Waals surface area contributed by atoms with E-state index in [1.165, 1.54) is 0 Å². The molecule has 1 aliphatic rings. The summed E-state index contributed by atoms with van der Waals surface area (Å²) in [5.74, 6) is 0.577. The molecule has 2 heterocycles. The molecule has 1 N–H and O–H groups in total. The number of rotatable bonds is 5. The zero-order valence-electron chi connectivity index (χ0n) is 15.9. The van der Waals surface area contributed by atoms with Crippen LogP contribution in [0.2, 0.25) is 0 Å². The summed E-state index contributed by atoms with van der Waals surface area (Å²) in [5.41, 5.74) is 1.65. The minimum atomic E-state index is -0.0831. The van der Waals surface area contributed by atoms with E-state index in [1.54, 1.807) is 30.3 Å². The molecule has 2 aromatic rings. The number of pyridine rings is 1. The number of amides is 2. The second kappa shape index (κ2) is 8.66. The Labute approximate surface area is 160 Å². The molecule has 1 fully saturated rings. The van der Waals surface area contributed by atoms with E-state index < -0.39 is 0 Å². The molecule has 1 atom stereocenters. The normalized spacial score (nSPS) is 17.6. The first kappa shape index (κ1) is 18.9. The van der Waals surface area contributed by atoms with Crippen molar-refractivity contribution in [2.24, 2.45) is 0 Å². The number of nitrogens with zero attached hydrogens (tertiary/aromatic N) is 3. The average Bonchev–Trinajstić information content (AvgIpc) is 2.87. The molecule has 6 heteroatoms. The second-order valence-electron chi connectivity index (χ2n) is 6.72. The summed E-state index contributed by atoms with van der Waals surface area (Å²) in [6.45, 7) is 3.60. The number of hydrogen-bond donors (Lipinski definition) is 1. The summed E-state index contributed by atoms with van der Waals surface area (Å²) in [7, 11) is 1.75. The van der Waals surface area contributed by atoms with Gasteiger partial charge in [-0.2, -0.15) is 0 Å². The Balaban J connectivity index is 1.81. The topological polar surface area (TPSA) is 65.5 Å². The van der Waals surface area contributed by atoms with E-state index >= 15 is 0 Å². The first-order chi connectivity index (χ1) is 13.1. The Hall–Kier alpha value is -2.89. The summed E-state index contributed by atoms with van der Waals surface area (Å²) in [5, 5.41) is 2.97. The van der Waals surface area contributed by atoms with Crippen LogP contribution >= 0.6 is 0 Å². The van der Waals surface area contributed by atoms with Crippen molar-refractivity contribution in [3.05, 3.63) is 59.8 Å². The van der Waals surface area contributed by atoms with Gasteiger partial charge in [0.25, 0.3) is 5.91 Å². The number of carbonyl (C=O) groups is 2. The van der Waals surface area contributed by atoms with Crippen molar-refractivity contribution in [2.75, 3.05) is 25.5 Å². The third kappa shape index (κ3) is 4.27. The molecule has 0 spiro atoms. The highest BCUT2D eigenvalue weighted by atomic mass is 16.2. The lowest BCUT2D eigenvalue weighted by Gasteiger charge is -2.31. The van der Waals surface area contributed by atoms with Crippen molar-refractivity contribution < 1.29 is 9.59 Å². The molecule has 27 heavy (non-hydrogen) atoms. The Morgan fingerprint density at radius 2 is 2.00 bits per heavy atom. The largest absolute Gasteiger partial charge is 0.372 e. The van der Waals surface area contributed by atoms with E-state index in [0.29, 0.717) is 37.4 Å². The van der Waals surface area contributed by atoms with Gasteiger partial charge in [-0.1, -0.05) is 37.3 Å². The summed E-state index contributed by atoms with van der Waals surface area (Å²) >= 11 is 0. The van der Waals surface area contributed by atoms with Crippen molar-refractivity contribution in [3.63, 3.8) is 0 Å². The predicted molar refractivity (Wildman–Crippen MR) is 105 cm³/mol. The highest BCUT2D eigenvalue weighted by molar-refractivity contribution is 5.99. The highest BCUT2D eigenvalue weighted by Gasteiger charge is 2.31. The van der Waals surface area contributed by atoms with E-state index in [1.807, 2.05) is 35.2 Å². The highest BCUT2D eigenvalue weighted by Crippen LogP contribution is 2.21. The maximum Gasteiger partial charge on any atom is 0.257 e. The number of benzene rings is 1. The van der Waals surface area contributed by atoms with E-state index in [4.69, 9.17) is 0 Å². The van der Waals surface area contributed by atoms with Gasteiger partial charge in [0.15, 0.2) is 0 Å². The van der Waals surface area contributed by atoms with Crippen LogP contribution < -0.4 is 5.32 Å². The van der Waals surface area contributed by atoms with Crippen molar-refractivity contribution in [3.8, 4) is 0 Å². The molecule has 142 valence electrons. The van der Waals surface area contributed by atoms with E-state index in [2.05, 4.69) is 17.2 Å². The van der Waals surface area contributed by atoms with Crippen LogP contribution in [0.3, 0.4) is 0 Å². The monoisotopic (exact) mass is 366 g/mol. The van der Waals surface area contributed by atoms with Gasteiger partial charge in [0.2, 0.25) is 5.91 Å². The molecular weight excluding hydrogens is 340 g/mol. The maximum absolute atomic E-state index is 13.1. The zero-order valence-corrected chi connectivity index (χ0v) is 15.9. The van der Waals surface area contributed by atoms with Gasteiger partial charge in [0, 0.05) is 45.3 Å². The van der Waals surface area contributed by atoms with Crippen molar-refractivity contribution in [2.45, 2.75) is 32.4 Å². The predicted octanol–water partition coefficient (Wildman–Crippen LogP) is 2.78. The number of hydrogen-bond acceptors (Lipinski definition) is 4. The number of carbonyl (C=O) groups excluding carboxylic acids is 2. The first-order valence-corrected chi connectivity index (χ1v) is 9.39. The molecule has 0 unspecified atom stereocenters. The van der Waals surface area contributed by atoms with Gasteiger partial charge in [0.05, 0.1) is 5.56 Å². The minimum Gasteiger partial charge on any atom is -0.372 e. The lowest BCUT2D eigenvalue weighted by Crippen LogP contribution is -2.43. The zero-order chi connectivity index (χ0) is 19.2. The van der Waals surface area contributed by atoms with Gasteiger partial charge in [-0.25, -0.2) is 4.98 Å². The SMILES string of the molecule is CC[C@@H]1CN(C(=O)c2cccnc2NC)CCC(=O)N1Cc1ccccc1. The van der Waals surface area contributed by atoms with Crippen LogP contribution in [-0.2, 0) is 11.3 Å². The molecule has 6 nitrogen and oxygen atoms in total. The van der Waals surface area contributed by atoms with Crippen molar-refractivity contribution >= 4 is 17.6 Å². The third-order valence-electron chi connectivity index (χ3n) is 5.02. The van der Waals surface area contributed by atoms with Gasteiger partial charge < -0.3 is 15.1 Å². The Morgan fingerprint density at radius 1 is 1.22 bits per heavy atom. The van der Waals surface area contributed by atoms with Gasteiger partial charge in [0.1, 0.15) is 5.82 Å². The van der Waals surface area contributed by atoms with Gasteiger partial charge in [-0.3, -0.25) is 9.59 Å². The van der Waals surface area contributed by atoms with E-state index in [-0.39, 0.29) is 17.9 Å². The molecule has 2 amide bonds. The fraction of sp³-hybridized carbons (Fsp3) is 0.381. The molecule has 1 aromatic carbocycles. The standard InChI is InChI=1S/C21H26N4O2/c1-3-17-15-24(21(27)18-10-7-12-23-20(18)22-2)13-11-19(26)25(17)14-16-8-5-4-6-9-16/h4-10,12,17H,3,11,13-15H2,1-2H3,(H,22,23)/t17-/m1/s1. The van der Waals surface area contributed by atoms with Crippen molar-refractivity contribution in [1.82, 2.24) is 14.8 Å². The van der Waals surface area contributed by atoms with Crippen LogP contribution in [0.5, 0.6) is 0 Å². The van der Waals surface area contributed by atoms with Gasteiger partial charge >= 0.3 is 0 Å². The Kier molecular flexibility index (Phi) is 6.06. The fourth-order valence-electron chi connectivity index (χ4n) is 3.50. The summed E-state index contributed by atoms with van der Waals surface area (Å²) in [6.07, 6.45) is 2.80. The lowest BCUT2D eigenvalue weighted by atomic mass is 10.1. The quantitative estimate of drug-likeness (QED) is 0.884. The third-order valence-corrected chi connectivity index (χ3v) is 5.02. The molecular formula is C21H26N4O2. The van der Waals surface area contributed by atoms with Crippen LogP contribution in [0, 0.1) is 0 Å². The second-order valence-corrected chi connectivity index (χ2v) is 6.72. The summed E-state index contributed by atoms with van der Waals surface area (Å²) in [4.78, 5) is 33.8. The maximum atomic E-state index is 13.1. The van der Waals surface area contributed by atoms with Crippen LogP contribution in [0.4, 0.5) is 5.82 Å².